The Labute approximate surface area is 254 Å². The van der Waals surface area contributed by atoms with Crippen molar-refractivity contribution in [1.82, 2.24) is 0 Å². The van der Waals surface area contributed by atoms with Crippen LogP contribution >= 0.6 is 11.8 Å². The van der Waals surface area contributed by atoms with E-state index in [1.165, 1.54) is 6.92 Å². The van der Waals surface area contributed by atoms with E-state index in [4.69, 9.17) is 33.2 Å². The molecule has 0 radical (unpaired) electrons. The molecule has 3 aliphatic rings. The predicted octanol–water partition coefficient (Wildman–Crippen LogP) is 4.89. The van der Waals surface area contributed by atoms with Crippen molar-refractivity contribution < 1.29 is 42.7 Å². The van der Waals surface area contributed by atoms with E-state index in [2.05, 4.69) is 0 Å². The number of carbonyl (C=O) groups is 2. The Morgan fingerprint density at radius 1 is 0.860 bits per heavy atom. The van der Waals surface area contributed by atoms with Crippen LogP contribution in [-0.4, -0.2) is 54.7 Å². The molecule has 3 aromatic rings. The fourth-order valence-electron chi connectivity index (χ4n) is 5.24. The van der Waals surface area contributed by atoms with Crippen molar-refractivity contribution >= 4 is 23.7 Å². The molecular weight excluding hydrogens is 572 g/mol. The zero-order valence-corrected chi connectivity index (χ0v) is 24.4. The Hall–Kier alpha value is -3.67. The average Bonchev–Trinajstić information content (AvgIpc) is 3.38. The Kier molecular flexibility index (Phi) is 9.11. The predicted molar refractivity (Wildman–Crippen MR) is 156 cm³/mol. The summed E-state index contributed by atoms with van der Waals surface area (Å²) in [6, 6.07) is 29.2. The smallest absolute Gasteiger partial charge is 0.348 e. The van der Waals surface area contributed by atoms with Crippen LogP contribution < -0.4 is 0 Å². The summed E-state index contributed by atoms with van der Waals surface area (Å²) in [5.74, 6) is -0.812. The molecule has 0 aromatic heterocycles. The number of cyclic esters (lactones) is 1. The maximum absolute atomic E-state index is 12.7. The van der Waals surface area contributed by atoms with Gasteiger partial charge in [-0.05, 0) is 16.7 Å². The van der Waals surface area contributed by atoms with Crippen molar-refractivity contribution in [2.75, 3.05) is 13.2 Å². The molecule has 0 unspecified atom stereocenters. The lowest BCUT2D eigenvalue weighted by atomic mass is 9.97. The first-order chi connectivity index (χ1) is 21.0. The third-order valence-electron chi connectivity index (χ3n) is 7.23. The third-order valence-corrected chi connectivity index (χ3v) is 8.65. The molecule has 3 aromatic carbocycles. The minimum absolute atomic E-state index is 0.0319. The zero-order valence-electron chi connectivity index (χ0n) is 23.6. The first kappa shape index (κ1) is 29.4. The molecular formula is C33H32O9S. The molecule has 9 nitrogen and oxygen atoms in total. The van der Waals surface area contributed by atoms with Crippen LogP contribution in [0.25, 0.3) is 0 Å². The van der Waals surface area contributed by atoms with Gasteiger partial charge in [0, 0.05) is 6.92 Å². The number of esters is 2. The minimum atomic E-state index is -1.61. The van der Waals surface area contributed by atoms with Crippen LogP contribution in [0.3, 0.4) is 0 Å². The highest BCUT2D eigenvalue weighted by Gasteiger charge is 2.66. The second-order valence-corrected chi connectivity index (χ2v) is 11.6. The molecule has 224 valence electrons. The van der Waals surface area contributed by atoms with E-state index in [-0.39, 0.29) is 31.3 Å². The maximum atomic E-state index is 12.7. The van der Waals surface area contributed by atoms with Gasteiger partial charge in [0.15, 0.2) is 12.4 Å². The second-order valence-electron chi connectivity index (χ2n) is 10.3. The number of hydrogen-bond donors (Lipinski definition) is 0. The Morgan fingerprint density at radius 2 is 1.44 bits per heavy atom. The largest absolute Gasteiger partial charge is 0.459 e. The molecule has 0 bridgehead atoms. The SMILES string of the molecule is CC(=O)O[C@]12SC3=C(COC3=O)O[C@H]1O[C@H](COCc1ccccc1)[C@@H](OCc1ccccc1)[C@@H]2OCc1ccccc1. The Bertz CT molecular complexity index is 1430. The summed E-state index contributed by atoms with van der Waals surface area (Å²) in [5.41, 5.74) is 2.85. The maximum Gasteiger partial charge on any atom is 0.348 e. The summed E-state index contributed by atoms with van der Waals surface area (Å²) in [5, 5.41) is 0. The molecule has 3 heterocycles. The molecule has 5 atom stereocenters. The van der Waals surface area contributed by atoms with Gasteiger partial charge in [-0.1, -0.05) is 103 Å². The highest BCUT2D eigenvalue weighted by Crippen LogP contribution is 2.53. The summed E-state index contributed by atoms with van der Waals surface area (Å²) in [6.07, 6.45) is -3.53. The summed E-state index contributed by atoms with van der Waals surface area (Å²) in [7, 11) is 0. The summed E-state index contributed by atoms with van der Waals surface area (Å²) in [4.78, 5) is 23.9. The Morgan fingerprint density at radius 3 is 2.05 bits per heavy atom. The van der Waals surface area contributed by atoms with E-state index in [0.29, 0.717) is 12.4 Å². The van der Waals surface area contributed by atoms with Crippen LogP contribution in [0.5, 0.6) is 0 Å². The highest BCUT2D eigenvalue weighted by molar-refractivity contribution is 8.05. The molecule has 0 aliphatic carbocycles. The van der Waals surface area contributed by atoms with Crippen LogP contribution in [0.1, 0.15) is 23.6 Å². The van der Waals surface area contributed by atoms with Crippen LogP contribution in [0.2, 0.25) is 0 Å². The number of thioether (sulfide) groups is 1. The van der Waals surface area contributed by atoms with E-state index in [1.807, 2.05) is 91.0 Å². The lowest BCUT2D eigenvalue weighted by Gasteiger charge is -2.52. The van der Waals surface area contributed by atoms with Gasteiger partial charge in [0.25, 0.3) is 11.2 Å². The minimum Gasteiger partial charge on any atom is -0.459 e. The fraction of sp³-hybridized carbons (Fsp3) is 0.333. The van der Waals surface area contributed by atoms with Crippen LogP contribution in [0.15, 0.2) is 102 Å². The first-order valence-corrected chi connectivity index (χ1v) is 14.9. The van der Waals surface area contributed by atoms with Gasteiger partial charge in [0.05, 0.1) is 26.4 Å². The standard InChI is InChI=1S/C33H32O9S/c1-22(34)42-33-30(38-19-25-15-9-4-10-16-25)28(37-18-24-13-7-3-8-14-24)26(20-36-17-23-11-5-2-6-12-23)40-32(33)41-27-21-39-31(35)29(27)43-33/h2-16,26,28,30,32H,17-21H2,1H3/t26-,28-,30+,32-,33-/m1/s1. The molecule has 0 spiro atoms. The van der Waals surface area contributed by atoms with Crippen molar-refractivity contribution in [1.29, 1.82) is 0 Å². The van der Waals surface area contributed by atoms with Gasteiger partial charge in [-0.3, -0.25) is 4.79 Å². The normalized spacial score (nSPS) is 26.2. The summed E-state index contributed by atoms with van der Waals surface area (Å²) < 4.78 is 43.3. The number of hydrogen-bond acceptors (Lipinski definition) is 10. The van der Waals surface area contributed by atoms with Crippen molar-refractivity contribution in [3.05, 3.63) is 118 Å². The van der Waals surface area contributed by atoms with E-state index in [9.17, 15) is 9.59 Å². The summed E-state index contributed by atoms with van der Waals surface area (Å²) in [6.45, 7) is 2.18. The molecule has 43 heavy (non-hydrogen) atoms. The van der Waals surface area contributed by atoms with Gasteiger partial charge >= 0.3 is 11.9 Å². The van der Waals surface area contributed by atoms with Crippen molar-refractivity contribution in [3.8, 4) is 0 Å². The van der Waals surface area contributed by atoms with Crippen molar-refractivity contribution in [3.63, 3.8) is 0 Å². The summed E-state index contributed by atoms with van der Waals surface area (Å²) >= 11 is 1.03. The van der Waals surface area contributed by atoms with Crippen LogP contribution in [0.4, 0.5) is 0 Å². The van der Waals surface area contributed by atoms with Gasteiger partial charge in [0.2, 0.25) is 0 Å². The number of ether oxygens (including phenoxy) is 7. The number of rotatable bonds is 11. The van der Waals surface area contributed by atoms with Crippen LogP contribution in [0, 0.1) is 0 Å². The molecule has 0 N–H and O–H groups in total. The van der Waals surface area contributed by atoms with Crippen LogP contribution in [-0.2, 0) is 62.6 Å². The molecule has 1 saturated heterocycles. The Balaban J connectivity index is 1.36. The number of fused-ring (bicyclic) bond motifs is 1. The van der Waals surface area contributed by atoms with Crippen molar-refractivity contribution in [2.45, 2.75) is 56.3 Å². The second kappa shape index (κ2) is 13.3. The molecule has 10 heteroatoms. The van der Waals surface area contributed by atoms with Gasteiger partial charge in [0.1, 0.15) is 23.2 Å². The van der Waals surface area contributed by atoms with Gasteiger partial charge in [-0.25, -0.2) is 4.79 Å². The van der Waals surface area contributed by atoms with E-state index in [1.54, 1.807) is 0 Å². The third kappa shape index (κ3) is 6.63. The number of carbonyl (C=O) groups excluding carboxylic acids is 2. The van der Waals surface area contributed by atoms with Crippen molar-refractivity contribution in [2.24, 2.45) is 0 Å². The topological polar surface area (TPSA) is 98.8 Å². The van der Waals surface area contributed by atoms with E-state index in [0.717, 1.165) is 28.5 Å². The zero-order chi connectivity index (χ0) is 29.6. The monoisotopic (exact) mass is 604 g/mol. The quantitative estimate of drug-likeness (QED) is 0.282. The average molecular weight is 605 g/mol. The lowest BCUT2D eigenvalue weighted by molar-refractivity contribution is -0.326. The molecule has 0 amide bonds. The van der Waals surface area contributed by atoms with E-state index < -0.39 is 41.5 Å². The molecule has 3 aliphatic heterocycles. The first-order valence-electron chi connectivity index (χ1n) is 14.1. The van der Waals surface area contributed by atoms with E-state index >= 15 is 0 Å². The van der Waals surface area contributed by atoms with Gasteiger partial charge in [-0.2, -0.15) is 0 Å². The molecule has 1 fully saturated rings. The van der Waals surface area contributed by atoms with Gasteiger partial charge < -0.3 is 33.2 Å². The highest BCUT2D eigenvalue weighted by atomic mass is 32.2. The lowest BCUT2D eigenvalue weighted by Crippen LogP contribution is -2.69. The number of benzene rings is 3. The fourth-order valence-corrected chi connectivity index (χ4v) is 6.60. The molecule has 6 rings (SSSR count). The van der Waals surface area contributed by atoms with Gasteiger partial charge in [-0.15, -0.1) is 0 Å². The molecule has 0 saturated carbocycles.